The van der Waals surface area contributed by atoms with Crippen molar-refractivity contribution in [2.75, 3.05) is 13.2 Å². The van der Waals surface area contributed by atoms with Crippen LogP contribution in [0.2, 0.25) is 0 Å². The maximum absolute atomic E-state index is 12.6. The molecule has 0 aromatic carbocycles. The quantitative estimate of drug-likeness (QED) is 0.0298. The Kier molecular flexibility index (Phi) is 32.7. The molecule has 0 aliphatic rings. The van der Waals surface area contributed by atoms with E-state index >= 15 is 0 Å². The molecular weight excluding hydrogens is 608 g/mol. The van der Waals surface area contributed by atoms with E-state index in [2.05, 4.69) is 36.6 Å². The van der Waals surface area contributed by atoms with Crippen molar-refractivity contribution in [3.63, 3.8) is 0 Å². The van der Waals surface area contributed by atoms with Gasteiger partial charge in [-0.1, -0.05) is 142 Å². The number of carboxylic acids is 1. The van der Waals surface area contributed by atoms with E-state index in [-0.39, 0.29) is 24.5 Å². The predicted molar refractivity (Wildman–Crippen MR) is 195 cm³/mol. The van der Waals surface area contributed by atoms with Crippen molar-refractivity contribution in [3.05, 3.63) is 12.2 Å². The Morgan fingerprint density at radius 2 is 1.10 bits per heavy atom. The van der Waals surface area contributed by atoms with Gasteiger partial charge < -0.3 is 25.6 Å². The van der Waals surface area contributed by atoms with Crippen molar-refractivity contribution < 1.29 is 34.1 Å². The first-order valence-corrected chi connectivity index (χ1v) is 19.6. The van der Waals surface area contributed by atoms with Gasteiger partial charge in [-0.05, 0) is 44.6 Å². The second kappa shape index (κ2) is 34.4. The number of aliphatic hydroxyl groups is 1. The van der Waals surface area contributed by atoms with Crippen molar-refractivity contribution in [1.82, 2.24) is 10.6 Å². The van der Waals surface area contributed by atoms with Gasteiger partial charge >= 0.3 is 11.9 Å². The topological polar surface area (TPSA) is 142 Å². The highest BCUT2D eigenvalue weighted by Crippen LogP contribution is 2.16. The molecule has 0 aliphatic carbocycles. The van der Waals surface area contributed by atoms with Crippen LogP contribution in [0.5, 0.6) is 0 Å². The number of carbonyl (C=O) groups excluding carboxylic acids is 3. The van der Waals surface area contributed by atoms with Crippen LogP contribution in [-0.4, -0.2) is 59.3 Å². The van der Waals surface area contributed by atoms with Crippen molar-refractivity contribution in [2.24, 2.45) is 0 Å². The summed E-state index contributed by atoms with van der Waals surface area (Å²) in [5, 5.41) is 22.5. The summed E-state index contributed by atoms with van der Waals surface area (Å²) in [6.07, 6.45) is 34.0. The molecule has 2 atom stereocenters. The van der Waals surface area contributed by atoms with Gasteiger partial charge in [0.05, 0.1) is 13.2 Å². The molecule has 0 aromatic heterocycles. The van der Waals surface area contributed by atoms with Crippen LogP contribution < -0.4 is 10.6 Å². The number of nitrogens with one attached hydrogen (secondary N) is 2. The number of hydrogen-bond acceptors (Lipinski definition) is 6. The number of esters is 1. The molecule has 0 aromatic rings. The van der Waals surface area contributed by atoms with Crippen LogP contribution in [0.4, 0.5) is 0 Å². The number of allylic oxidation sites excluding steroid dienone is 1. The lowest BCUT2D eigenvalue weighted by atomic mass is 10.0. The summed E-state index contributed by atoms with van der Waals surface area (Å²) in [5.74, 6) is -2.32. The number of ether oxygens (including phenoxy) is 1. The van der Waals surface area contributed by atoms with E-state index in [1.54, 1.807) is 0 Å². The summed E-state index contributed by atoms with van der Waals surface area (Å²) < 4.78 is 5.92. The highest BCUT2D eigenvalue weighted by atomic mass is 16.5. The smallest absolute Gasteiger partial charge is 0.328 e. The fourth-order valence-electron chi connectivity index (χ4n) is 5.68. The third-order valence-corrected chi connectivity index (χ3v) is 8.75. The SMILES string of the molecule is CCCCCCCCC/C=C\C(CCCCCCCCC(=O)NCC(=O)NC(CO)C(=O)O)OC(=O)CCCCCCCCCCCC. The summed E-state index contributed by atoms with van der Waals surface area (Å²) >= 11 is 0. The second-order valence-electron chi connectivity index (χ2n) is 13.4. The number of carboxylic acid groups (broad SMARTS) is 1. The number of carbonyl (C=O) groups is 4. The minimum atomic E-state index is -1.38. The highest BCUT2D eigenvalue weighted by Gasteiger charge is 2.18. The number of aliphatic hydroxyl groups excluding tert-OH is 1. The minimum absolute atomic E-state index is 0.0778. The average molecular weight is 681 g/mol. The fourth-order valence-corrected chi connectivity index (χ4v) is 5.68. The van der Waals surface area contributed by atoms with Gasteiger partial charge in [-0.2, -0.15) is 0 Å². The van der Waals surface area contributed by atoms with Crippen LogP contribution in [-0.2, 0) is 23.9 Å². The fraction of sp³-hybridized carbons (Fsp3) is 0.846. The normalized spacial score (nSPS) is 12.6. The number of aliphatic carboxylic acids is 1. The molecule has 4 N–H and O–H groups in total. The van der Waals surface area contributed by atoms with Crippen molar-refractivity contribution >= 4 is 23.8 Å². The summed E-state index contributed by atoms with van der Waals surface area (Å²) in [7, 11) is 0. The van der Waals surface area contributed by atoms with Gasteiger partial charge in [0.1, 0.15) is 12.1 Å². The highest BCUT2D eigenvalue weighted by molar-refractivity contribution is 5.87. The van der Waals surface area contributed by atoms with E-state index < -0.39 is 24.5 Å². The summed E-state index contributed by atoms with van der Waals surface area (Å²) in [4.78, 5) is 47.2. The van der Waals surface area contributed by atoms with Crippen molar-refractivity contribution in [3.8, 4) is 0 Å². The monoisotopic (exact) mass is 681 g/mol. The zero-order valence-electron chi connectivity index (χ0n) is 30.8. The lowest BCUT2D eigenvalue weighted by Gasteiger charge is -2.15. The third-order valence-electron chi connectivity index (χ3n) is 8.75. The Morgan fingerprint density at radius 3 is 1.62 bits per heavy atom. The molecular formula is C39H72N2O7. The lowest BCUT2D eigenvalue weighted by Crippen LogP contribution is -2.47. The predicted octanol–water partition coefficient (Wildman–Crippen LogP) is 8.70. The van der Waals surface area contributed by atoms with E-state index in [1.165, 1.54) is 96.3 Å². The molecule has 0 fully saturated rings. The molecule has 9 heteroatoms. The van der Waals surface area contributed by atoms with Crippen molar-refractivity contribution in [1.29, 1.82) is 0 Å². The maximum Gasteiger partial charge on any atom is 0.328 e. The molecule has 0 spiro atoms. The van der Waals surface area contributed by atoms with E-state index in [0.717, 1.165) is 57.8 Å². The summed E-state index contributed by atoms with van der Waals surface area (Å²) in [5.41, 5.74) is 0. The van der Waals surface area contributed by atoms with Crippen LogP contribution in [0, 0.1) is 0 Å². The van der Waals surface area contributed by atoms with E-state index in [1.807, 2.05) is 0 Å². The lowest BCUT2D eigenvalue weighted by molar-refractivity contribution is -0.147. The Hall–Kier alpha value is -2.42. The number of hydrogen-bond donors (Lipinski definition) is 4. The van der Waals surface area contributed by atoms with Crippen LogP contribution in [0.1, 0.15) is 187 Å². The molecule has 0 saturated carbocycles. The van der Waals surface area contributed by atoms with Gasteiger partial charge in [-0.25, -0.2) is 4.79 Å². The first-order valence-electron chi connectivity index (χ1n) is 19.6. The van der Waals surface area contributed by atoms with Crippen LogP contribution in [0.15, 0.2) is 12.2 Å². The van der Waals surface area contributed by atoms with Gasteiger partial charge in [0, 0.05) is 12.8 Å². The van der Waals surface area contributed by atoms with Gasteiger partial charge in [0.25, 0.3) is 0 Å². The molecule has 0 rings (SSSR count). The first kappa shape index (κ1) is 45.6. The Morgan fingerprint density at radius 1 is 0.625 bits per heavy atom. The Bertz CT molecular complexity index is 833. The van der Waals surface area contributed by atoms with E-state index in [0.29, 0.717) is 19.3 Å². The molecule has 2 unspecified atom stereocenters. The zero-order chi connectivity index (χ0) is 35.5. The minimum Gasteiger partial charge on any atom is -0.480 e. The zero-order valence-corrected chi connectivity index (χ0v) is 30.8. The summed E-state index contributed by atoms with van der Waals surface area (Å²) in [6.45, 7) is 3.46. The van der Waals surface area contributed by atoms with E-state index in [9.17, 15) is 19.2 Å². The molecule has 48 heavy (non-hydrogen) atoms. The van der Waals surface area contributed by atoms with Gasteiger partial charge in [0.2, 0.25) is 11.8 Å². The number of unbranched alkanes of at least 4 members (excludes halogenated alkanes) is 21. The van der Waals surface area contributed by atoms with Gasteiger partial charge in [0.15, 0.2) is 0 Å². The Balaban J connectivity index is 4.27. The standard InChI is InChI=1S/C39H72N2O7/c1-3-5-7-9-11-13-15-17-23-27-31-38(45)48-34(28-24-20-16-14-12-10-8-6-4-2)29-25-21-18-19-22-26-30-36(43)40-32-37(44)41-35(33-42)39(46)47/h24,28,34-35,42H,3-23,25-27,29-33H2,1-2H3,(H,40,43)(H,41,44)(H,46,47)/b28-24-. The number of rotatable bonds is 35. The largest absolute Gasteiger partial charge is 0.480 e. The molecule has 0 radical (unpaired) electrons. The second-order valence-corrected chi connectivity index (χ2v) is 13.4. The third kappa shape index (κ3) is 30.9. The molecule has 9 nitrogen and oxygen atoms in total. The van der Waals surface area contributed by atoms with Gasteiger partial charge in [-0.3, -0.25) is 14.4 Å². The number of amides is 2. The molecule has 0 saturated heterocycles. The molecule has 2 amide bonds. The van der Waals surface area contributed by atoms with E-state index in [4.69, 9.17) is 14.9 Å². The Labute approximate surface area is 292 Å². The average Bonchev–Trinajstić information content (AvgIpc) is 3.07. The maximum atomic E-state index is 12.6. The van der Waals surface area contributed by atoms with Crippen LogP contribution in [0.3, 0.4) is 0 Å². The first-order chi connectivity index (χ1) is 23.3. The van der Waals surface area contributed by atoms with Crippen molar-refractivity contribution in [2.45, 2.75) is 199 Å². The molecule has 0 bridgehead atoms. The molecule has 0 aliphatic heterocycles. The molecule has 280 valence electrons. The summed E-state index contributed by atoms with van der Waals surface area (Å²) in [6, 6.07) is -1.38. The van der Waals surface area contributed by atoms with Crippen LogP contribution >= 0.6 is 0 Å². The van der Waals surface area contributed by atoms with Gasteiger partial charge in [-0.15, -0.1) is 0 Å². The molecule has 0 heterocycles. The van der Waals surface area contributed by atoms with Crippen LogP contribution in [0.25, 0.3) is 0 Å².